The van der Waals surface area contributed by atoms with Gasteiger partial charge in [0.05, 0.1) is 11.4 Å². The van der Waals surface area contributed by atoms with E-state index in [0.717, 1.165) is 22.9 Å². The van der Waals surface area contributed by atoms with Crippen molar-refractivity contribution in [1.29, 1.82) is 0 Å². The van der Waals surface area contributed by atoms with Crippen molar-refractivity contribution in [1.82, 2.24) is 9.97 Å². The molecule has 1 aromatic heterocycles. The zero-order chi connectivity index (χ0) is 14.1. The molecule has 0 aliphatic heterocycles. The predicted octanol–water partition coefficient (Wildman–Crippen LogP) is 4.07. The van der Waals surface area contributed by atoms with E-state index < -0.39 is 0 Å². The second kappa shape index (κ2) is 5.23. The van der Waals surface area contributed by atoms with E-state index in [9.17, 15) is 0 Å². The van der Waals surface area contributed by atoms with Crippen LogP contribution >= 0.6 is 0 Å². The number of benzene rings is 1. The lowest BCUT2D eigenvalue weighted by Gasteiger charge is -2.28. The summed E-state index contributed by atoms with van der Waals surface area (Å²) in [5.74, 6) is 1.57. The summed E-state index contributed by atoms with van der Waals surface area (Å²) in [6.45, 7) is 4.03. The molecule has 1 saturated carbocycles. The highest BCUT2D eigenvalue weighted by molar-refractivity contribution is 5.75. The molecule has 0 radical (unpaired) electrons. The molecule has 0 spiro atoms. The van der Waals surface area contributed by atoms with Gasteiger partial charge in [0.1, 0.15) is 5.69 Å². The average molecular weight is 267 g/mol. The third-order valence-electron chi connectivity index (χ3n) is 4.30. The smallest absolute Gasteiger partial charge is 0.152 e. The number of aryl methyl sites for hydroxylation is 2. The molecular formula is C17H21N3. The van der Waals surface area contributed by atoms with E-state index in [1.807, 2.05) is 20.9 Å². The fourth-order valence-electron chi connectivity index (χ4n) is 2.75. The Morgan fingerprint density at radius 1 is 1.05 bits per heavy atom. The van der Waals surface area contributed by atoms with Gasteiger partial charge in [-0.15, -0.1) is 0 Å². The van der Waals surface area contributed by atoms with E-state index in [-0.39, 0.29) is 0 Å². The number of anilines is 1. The van der Waals surface area contributed by atoms with Crippen LogP contribution in [0.4, 0.5) is 5.82 Å². The quantitative estimate of drug-likeness (QED) is 0.911. The van der Waals surface area contributed by atoms with E-state index in [1.54, 1.807) is 0 Å². The van der Waals surface area contributed by atoms with E-state index in [2.05, 4.69) is 34.6 Å². The lowest BCUT2D eigenvalue weighted by molar-refractivity contribution is 0.420. The molecule has 1 fully saturated rings. The number of nitrogens with zero attached hydrogens (tertiary/aromatic N) is 2. The molecule has 1 heterocycles. The Balaban J connectivity index is 2.15. The Morgan fingerprint density at radius 2 is 1.75 bits per heavy atom. The summed E-state index contributed by atoms with van der Waals surface area (Å²) in [7, 11) is 1.91. The predicted molar refractivity (Wildman–Crippen MR) is 83.1 cm³/mol. The maximum Gasteiger partial charge on any atom is 0.152 e. The Hall–Kier alpha value is -1.90. The molecule has 0 saturated heterocycles. The first-order valence-corrected chi connectivity index (χ1v) is 7.33. The molecule has 0 atom stereocenters. The highest BCUT2D eigenvalue weighted by Gasteiger charge is 2.24. The van der Waals surface area contributed by atoms with E-state index >= 15 is 0 Å². The first-order chi connectivity index (χ1) is 9.70. The number of hydrogen-bond donors (Lipinski definition) is 1. The largest absolute Gasteiger partial charge is 0.371 e. The topological polar surface area (TPSA) is 37.8 Å². The minimum Gasteiger partial charge on any atom is -0.371 e. The normalized spacial score (nSPS) is 14.9. The lowest BCUT2D eigenvalue weighted by atomic mass is 9.78. The lowest BCUT2D eigenvalue weighted by Crippen LogP contribution is -2.11. The highest BCUT2D eigenvalue weighted by Crippen LogP contribution is 2.41. The average Bonchev–Trinajstić information content (AvgIpc) is 2.40. The molecule has 0 unspecified atom stereocenters. The Morgan fingerprint density at radius 3 is 2.40 bits per heavy atom. The molecule has 1 N–H and O–H groups in total. The summed E-state index contributed by atoms with van der Waals surface area (Å²) in [6.07, 6.45) is 3.94. The molecule has 1 aliphatic rings. The molecule has 2 aromatic rings. The van der Waals surface area contributed by atoms with Gasteiger partial charge in [0.15, 0.2) is 5.82 Å². The van der Waals surface area contributed by atoms with Crippen molar-refractivity contribution in [3.8, 4) is 11.3 Å². The fraction of sp³-hybridized carbons (Fsp3) is 0.412. The number of rotatable bonds is 3. The van der Waals surface area contributed by atoms with Crippen LogP contribution in [0.2, 0.25) is 0 Å². The van der Waals surface area contributed by atoms with Gasteiger partial charge in [-0.2, -0.15) is 0 Å². The summed E-state index contributed by atoms with van der Waals surface area (Å²) in [5, 5.41) is 3.19. The zero-order valence-corrected chi connectivity index (χ0v) is 12.4. The van der Waals surface area contributed by atoms with E-state index in [0.29, 0.717) is 5.92 Å². The molecule has 3 nitrogen and oxygen atoms in total. The van der Waals surface area contributed by atoms with Gasteiger partial charge in [-0.25, -0.2) is 9.97 Å². The van der Waals surface area contributed by atoms with Crippen molar-refractivity contribution in [3.63, 3.8) is 0 Å². The van der Waals surface area contributed by atoms with Crippen molar-refractivity contribution < 1.29 is 0 Å². The van der Waals surface area contributed by atoms with Crippen molar-refractivity contribution >= 4 is 5.82 Å². The second-order valence-electron chi connectivity index (χ2n) is 5.56. The summed E-state index contributed by atoms with van der Waals surface area (Å²) in [6, 6.07) is 8.64. The van der Waals surface area contributed by atoms with Crippen LogP contribution in [0.3, 0.4) is 0 Å². The van der Waals surface area contributed by atoms with Gasteiger partial charge >= 0.3 is 0 Å². The zero-order valence-electron chi connectivity index (χ0n) is 12.4. The summed E-state index contributed by atoms with van der Waals surface area (Å²) >= 11 is 0. The van der Waals surface area contributed by atoms with E-state index in [4.69, 9.17) is 4.98 Å². The minimum atomic E-state index is 0.694. The third-order valence-corrected chi connectivity index (χ3v) is 4.30. The Kier molecular flexibility index (Phi) is 3.43. The van der Waals surface area contributed by atoms with Crippen molar-refractivity contribution in [2.24, 2.45) is 0 Å². The summed E-state index contributed by atoms with van der Waals surface area (Å²) < 4.78 is 0. The third kappa shape index (κ3) is 2.17. The van der Waals surface area contributed by atoms with E-state index in [1.165, 1.54) is 30.4 Å². The second-order valence-corrected chi connectivity index (χ2v) is 5.56. The van der Waals surface area contributed by atoms with Crippen LogP contribution < -0.4 is 5.32 Å². The standard InChI is InChI=1S/C17H21N3/c1-11-12(2)20-17(18-3)16(19-11)15-10-5-4-9-14(15)13-7-6-8-13/h4-5,9-10,13H,6-8H2,1-3H3,(H,18,20). The fourth-order valence-corrected chi connectivity index (χ4v) is 2.75. The molecule has 3 heteroatoms. The maximum absolute atomic E-state index is 4.79. The van der Waals surface area contributed by atoms with Crippen LogP contribution in [0.1, 0.15) is 42.1 Å². The van der Waals surface area contributed by atoms with Gasteiger partial charge in [0.2, 0.25) is 0 Å². The first kappa shape index (κ1) is 13.1. The van der Waals surface area contributed by atoms with Crippen LogP contribution in [0, 0.1) is 13.8 Å². The summed E-state index contributed by atoms with van der Waals surface area (Å²) in [4.78, 5) is 9.43. The molecule has 1 aliphatic carbocycles. The molecule has 1 aromatic carbocycles. The van der Waals surface area contributed by atoms with Gasteiger partial charge in [-0.05, 0) is 38.2 Å². The molecule has 3 rings (SSSR count). The maximum atomic E-state index is 4.79. The van der Waals surface area contributed by atoms with Gasteiger partial charge in [-0.1, -0.05) is 30.7 Å². The van der Waals surface area contributed by atoms with Gasteiger partial charge in [0, 0.05) is 12.6 Å². The number of hydrogen-bond acceptors (Lipinski definition) is 3. The van der Waals surface area contributed by atoms with Crippen LogP contribution in [0.15, 0.2) is 24.3 Å². The molecule has 0 amide bonds. The van der Waals surface area contributed by atoms with Crippen LogP contribution in [0.5, 0.6) is 0 Å². The Labute approximate surface area is 120 Å². The van der Waals surface area contributed by atoms with Crippen molar-refractivity contribution in [2.75, 3.05) is 12.4 Å². The molecule has 104 valence electrons. The molecule has 20 heavy (non-hydrogen) atoms. The Bertz CT molecular complexity index is 630. The summed E-state index contributed by atoms with van der Waals surface area (Å²) in [5.41, 5.74) is 5.63. The van der Waals surface area contributed by atoms with Crippen LogP contribution in [-0.2, 0) is 0 Å². The van der Waals surface area contributed by atoms with Gasteiger partial charge < -0.3 is 5.32 Å². The first-order valence-electron chi connectivity index (χ1n) is 7.33. The van der Waals surface area contributed by atoms with Crippen LogP contribution in [0.25, 0.3) is 11.3 Å². The number of nitrogens with one attached hydrogen (secondary N) is 1. The minimum absolute atomic E-state index is 0.694. The monoisotopic (exact) mass is 267 g/mol. The highest BCUT2D eigenvalue weighted by atomic mass is 15.0. The SMILES string of the molecule is CNc1nc(C)c(C)nc1-c1ccccc1C1CCC1. The van der Waals surface area contributed by atoms with Crippen molar-refractivity contribution in [2.45, 2.75) is 39.0 Å². The molecular weight excluding hydrogens is 246 g/mol. The van der Waals surface area contributed by atoms with Crippen molar-refractivity contribution in [3.05, 3.63) is 41.2 Å². The van der Waals surface area contributed by atoms with Gasteiger partial charge in [0.25, 0.3) is 0 Å². The van der Waals surface area contributed by atoms with Crippen LogP contribution in [-0.4, -0.2) is 17.0 Å². The van der Waals surface area contributed by atoms with Gasteiger partial charge in [-0.3, -0.25) is 0 Å². The molecule has 0 bridgehead atoms. The number of aromatic nitrogens is 2.